The molecule has 5 nitrogen and oxygen atoms in total. The molecule has 1 heterocycles. The number of nitrogens with zero attached hydrogens (tertiary/aromatic N) is 2. The van der Waals surface area contributed by atoms with E-state index in [0.29, 0.717) is 12.1 Å². The molecule has 0 radical (unpaired) electrons. The zero-order chi connectivity index (χ0) is 21.1. The molecule has 1 unspecified atom stereocenters. The third-order valence-corrected chi connectivity index (χ3v) is 5.35. The lowest BCUT2D eigenvalue weighted by Gasteiger charge is -2.22. The number of imide groups is 1. The molecule has 0 spiro atoms. The molecule has 3 amide bonds. The van der Waals surface area contributed by atoms with Crippen LogP contribution in [0, 0.1) is 6.92 Å². The van der Waals surface area contributed by atoms with E-state index in [1.54, 1.807) is 12.1 Å². The summed E-state index contributed by atoms with van der Waals surface area (Å²) in [6, 6.07) is 24.8. The second kappa shape index (κ2) is 8.33. The average Bonchev–Trinajstić information content (AvgIpc) is 2.99. The highest BCUT2D eigenvalue weighted by atomic mass is 16.2. The van der Waals surface area contributed by atoms with Crippen LogP contribution >= 0.6 is 0 Å². The van der Waals surface area contributed by atoms with Gasteiger partial charge < -0.3 is 4.90 Å². The van der Waals surface area contributed by atoms with Gasteiger partial charge in [0, 0.05) is 12.1 Å². The fourth-order valence-electron chi connectivity index (χ4n) is 3.80. The quantitative estimate of drug-likeness (QED) is 0.457. The van der Waals surface area contributed by atoms with Gasteiger partial charge in [0.25, 0.3) is 5.91 Å². The van der Waals surface area contributed by atoms with E-state index in [9.17, 15) is 14.4 Å². The van der Waals surface area contributed by atoms with Crippen molar-refractivity contribution in [2.45, 2.75) is 19.5 Å². The highest BCUT2D eigenvalue weighted by molar-refractivity contribution is 6.09. The normalized spacial score (nSPS) is 16.2. The van der Waals surface area contributed by atoms with E-state index in [2.05, 4.69) is 0 Å². The van der Waals surface area contributed by atoms with Gasteiger partial charge in [-0.05, 0) is 23.6 Å². The molecule has 1 aliphatic rings. The third-order valence-electron chi connectivity index (χ3n) is 5.35. The van der Waals surface area contributed by atoms with Crippen molar-refractivity contribution in [2.75, 3.05) is 6.54 Å². The number of ketones is 1. The summed E-state index contributed by atoms with van der Waals surface area (Å²) in [6.07, 6.45) is 0. The van der Waals surface area contributed by atoms with Crippen LogP contribution in [0.2, 0.25) is 0 Å². The molecule has 0 N–H and O–H groups in total. The Labute approximate surface area is 175 Å². The van der Waals surface area contributed by atoms with Crippen molar-refractivity contribution in [1.29, 1.82) is 0 Å². The molecular weight excluding hydrogens is 376 g/mol. The molecule has 3 aromatic rings. The maximum atomic E-state index is 13.3. The zero-order valence-corrected chi connectivity index (χ0v) is 16.7. The lowest BCUT2D eigenvalue weighted by atomic mass is 10.0. The van der Waals surface area contributed by atoms with Crippen LogP contribution in [0.3, 0.4) is 0 Å². The molecule has 4 rings (SSSR count). The van der Waals surface area contributed by atoms with Crippen molar-refractivity contribution < 1.29 is 14.4 Å². The Balaban J connectivity index is 1.65. The summed E-state index contributed by atoms with van der Waals surface area (Å²) in [5.41, 5.74) is 3.00. The maximum Gasteiger partial charge on any atom is 0.328 e. The van der Waals surface area contributed by atoms with E-state index in [1.165, 1.54) is 4.90 Å². The van der Waals surface area contributed by atoms with Gasteiger partial charge in [-0.1, -0.05) is 84.9 Å². The van der Waals surface area contributed by atoms with E-state index in [-0.39, 0.29) is 18.2 Å². The van der Waals surface area contributed by atoms with E-state index in [0.717, 1.165) is 21.6 Å². The van der Waals surface area contributed by atoms with Crippen LogP contribution in [0.1, 0.15) is 33.1 Å². The van der Waals surface area contributed by atoms with Gasteiger partial charge in [-0.15, -0.1) is 0 Å². The molecule has 1 aliphatic heterocycles. The molecule has 150 valence electrons. The molecule has 0 aromatic heterocycles. The smallest absolute Gasteiger partial charge is 0.304 e. The van der Waals surface area contributed by atoms with Gasteiger partial charge >= 0.3 is 6.03 Å². The SMILES string of the molecule is Cc1ccccc1C(=O)CN1C(=O)C(c2ccccc2)N(Cc2ccccc2)C1=O. The monoisotopic (exact) mass is 398 g/mol. The van der Waals surface area contributed by atoms with E-state index < -0.39 is 12.1 Å². The molecule has 1 atom stereocenters. The molecule has 0 bridgehead atoms. The fourth-order valence-corrected chi connectivity index (χ4v) is 3.80. The third kappa shape index (κ3) is 3.74. The summed E-state index contributed by atoms with van der Waals surface area (Å²) < 4.78 is 0. The zero-order valence-electron chi connectivity index (χ0n) is 16.7. The molecule has 30 heavy (non-hydrogen) atoms. The van der Waals surface area contributed by atoms with Gasteiger partial charge in [0.1, 0.15) is 6.04 Å². The summed E-state index contributed by atoms with van der Waals surface area (Å²) in [5.74, 6) is -0.618. The first-order valence-electron chi connectivity index (χ1n) is 9.86. The fraction of sp³-hybridized carbons (Fsp3) is 0.160. The molecule has 1 saturated heterocycles. The second-order valence-electron chi connectivity index (χ2n) is 7.37. The van der Waals surface area contributed by atoms with Gasteiger partial charge in [0.2, 0.25) is 0 Å². The number of benzene rings is 3. The number of amides is 3. The molecule has 3 aromatic carbocycles. The molecule has 5 heteroatoms. The van der Waals surface area contributed by atoms with Crippen molar-refractivity contribution in [2.24, 2.45) is 0 Å². The van der Waals surface area contributed by atoms with Gasteiger partial charge in [0.15, 0.2) is 5.78 Å². The first-order chi connectivity index (χ1) is 14.6. The molecule has 1 fully saturated rings. The Hall–Kier alpha value is -3.73. The van der Waals surface area contributed by atoms with Gasteiger partial charge in [0.05, 0.1) is 6.54 Å². The molecular formula is C25H22N2O3. The van der Waals surface area contributed by atoms with Crippen molar-refractivity contribution in [1.82, 2.24) is 9.80 Å². The lowest BCUT2D eigenvalue weighted by molar-refractivity contribution is -0.128. The predicted molar refractivity (Wildman–Crippen MR) is 114 cm³/mol. The molecule has 0 saturated carbocycles. The number of carbonyl (C=O) groups is 3. The topological polar surface area (TPSA) is 57.7 Å². The van der Waals surface area contributed by atoms with E-state index in [1.807, 2.05) is 79.7 Å². The van der Waals surface area contributed by atoms with E-state index >= 15 is 0 Å². The van der Waals surface area contributed by atoms with Crippen molar-refractivity contribution in [3.8, 4) is 0 Å². The Kier molecular flexibility index (Phi) is 5.44. The number of Topliss-reactive ketones (excluding diaryl/α,β-unsaturated/α-hetero) is 1. The Morgan fingerprint density at radius 2 is 1.43 bits per heavy atom. The Morgan fingerprint density at radius 3 is 2.10 bits per heavy atom. The highest BCUT2D eigenvalue weighted by Crippen LogP contribution is 2.32. The summed E-state index contributed by atoms with van der Waals surface area (Å²) in [6.45, 7) is 1.87. The van der Waals surface area contributed by atoms with E-state index in [4.69, 9.17) is 0 Å². The summed E-state index contributed by atoms with van der Waals surface area (Å²) >= 11 is 0. The van der Waals surface area contributed by atoms with Crippen LogP contribution < -0.4 is 0 Å². The number of hydrogen-bond acceptors (Lipinski definition) is 3. The summed E-state index contributed by atoms with van der Waals surface area (Å²) in [4.78, 5) is 42.0. The number of carbonyl (C=O) groups excluding carboxylic acids is 3. The van der Waals surface area contributed by atoms with Gasteiger partial charge in [-0.25, -0.2) is 4.79 Å². The minimum Gasteiger partial charge on any atom is -0.304 e. The Morgan fingerprint density at radius 1 is 0.833 bits per heavy atom. The summed E-state index contributed by atoms with van der Waals surface area (Å²) in [5, 5.41) is 0. The predicted octanol–water partition coefficient (Wildman–Crippen LogP) is 4.38. The minimum absolute atomic E-state index is 0.247. The second-order valence-corrected chi connectivity index (χ2v) is 7.37. The van der Waals surface area contributed by atoms with Crippen LogP contribution in [-0.2, 0) is 11.3 Å². The van der Waals surface area contributed by atoms with Crippen molar-refractivity contribution in [3.05, 3.63) is 107 Å². The van der Waals surface area contributed by atoms with Crippen molar-refractivity contribution in [3.63, 3.8) is 0 Å². The highest BCUT2D eigenvalue weighted by Gasteiger charge is 2.46. The number of hydrogen-bond donors (Lipinski definition) is 0. The van der Waals surface area contributed by atoms with Crippen LogP contribution in [0.4, 0.5) is 4.79 Å². The van der Waals surface area contributed by atoms with Crippen LogP contribution in [0.15, 0.2) is 84.9 Å². The van der Waals surface area contributed by atoms with Crippen molar-refractivity contribution >= 4 is 17.7 Å². The average molecular weight is 398 g/mol. The van der Waals surface area contributed by atoms with Crippen LogP contribution in [0.25, 0.3) is 0 Å². The first-order valence-corrected chi connectivity index (χ1v) is 9.86. The van der Waals surface area contributed by atoms with Gasteiger partial charge in [-0.2, -0.15) is 0 Å². The maximum absolute atomic E-state index is 13.3. The summed E-state index contributed by atoms with van der Waals surface area (Å²) in [7, 11) is 0. The lowest BCUT2D eigenvalue weighted by Crippen LogP contribution is -2.37. The number of aryl methyl sites for hydroxylation is 1. The van der Waals surface area contributed by atoms with Gasteiger partial charge in [-0.3, -0.25) is 14.5 Å². The standard InChI is InChI=1S/C25H22N2O3/c1-18-10-8-9-15-21(18)22(28)17-27-24(29)23(20-13-6-3-7-14-20)26(25(27)30)16-19-11-4-2-5-12-19/h2-15,23H,16-17H2,1H3. The molecule has 0 aliphatic carbocycles. The largest absolute Gasteiger partial charge is 0.328 e. The number of rotatable bonds is 6. The number of urea groups is 1. The minimum atomic E-state index is -0.747. The van der Waals surface area contributed by atoms with Crippen LogP contribution in [0.5, 0.6) is 0 Å². The van der Waals surface area contributed by atoms with Crippen LogP contribution in [-0.4, -0.2) is 34.1 Å². The Bertz CT molecular complexity index is 1080. The first kappa shape index (κ1) is 19.6.